The van der Waals surface area contributed by atoms with Gasteiger partial charge in [0.25, 0.3) is 0 Å². The summed E-state index contributed by atoms with van der Waals surface area (Å²) in [6.45, 7) is 2.47. The van der Waals surface area contributed by atoms with E-state index in [0.717, 1.165) is 0 Å². The van der Waals surface area contributed by atoms with Crippen LogP contribution in [0.3, 0.4) is 0 Å². The van der Waals surface area contributed by atoms with Gasteiger partial charge in [0, 0.05) is 6.42 Å². The highest BCUT2D eigenvalue weighted by molar-refractivity contribution is 5.90. The van der Waals surface area contributed by atoms with Crippen LogP contribution in [0.15, 0.2) is 0 Å². The number of ether oxygens (including phenoxy) is 1. The summed E-state index contributed by atoms with van der Waals surface area (Å²) >= 11 is 0. The molecule has 0 radical (unpaired) electrons. The summed E-state index contributed by atoms with van der Waals surface area (Å²) in [5.41, 5.74) is -0.339. The Morgan fingerprint density at radius 2 is 2.27 bits per heavy atom. The summed E-state index contributed by atoms with van der Waals surface area (Å²) in [5, 5.41) is 0. The zero-order valence-electron chi connectivity index (χ0n) is 6.29. The molecule has 2 heterocycles. The number of hydrogen-bond donors (Lipinski definition) is 0. The quantitative estimate of drug-likeness (QED) is 0.501. The van der Waals surface area contributed by atoms with Crippen LogP contribution in [0.25, 0.3) is 0 Å². The molecule has 0 aliphatic carbocycles. The van der Waals surface area contributed by atoms with Crippen molar-refractivity contribution in [2.75, 3.05) is 13.2 Å². The summed E-state index contributed by atoms with van der Waals surface area (Å²) in [4.78, 5) is 23.4. The normalized spacial score (nSPS) is 35.9. The van der Waals surface area contributed by atoms with Crippen LogP contribution < -0.4 is 0 Å². The van der Waals surface area contributed by atoms with Crippen LogP contribution in [-0.2, 0) is 9.53 Å². The van der Waals surface area contributed by atoms with Gasteiger partial charge in [0.2, 0.25) is 0 Å². The molecule has 0 spiro atoms. The molecule has 0 aromatic heterocycles. The molecule has 0 aromatic rings. The van der Waals surface area contributed by atoms with Crippen molar-refractivity contribution in [3.8, 4) is 0 Å². The average molecular weight is 155 g/mol. The molecule has 4 heteroatoms. The predicted octanol–water partition coefficient (Wildman–Crippen LogP) is 0.170. The lowest BCUT2D eigenvalue weighted by molar-refractivity contribution is -0.117. The number of nitrogens with zero attached hydrogens (tertiary/aromatic N) is 1. The molecule has 2 aliphatic heterocycles. The van der Waals surface area contributed by atoms with Crippen molar-refractivity contribution in [1.29, 1.82) is 0 Å². The first-order valence-corrected chi connectivity index (χ1v) is 3.58. The van der Waals surface area contributed by atoms with Crippen molar-refractivity contribution >= 4 is 11.9 Å². The molecule has 2 saturated heterocycles. The molecule has 1 unspecified atom stereocenters. The molecular weight excluding hydrogens is 146 g/mol. The summed E-state index contributed by atoms with van der Waals surface area (Å²) < 4.78 is 4.81. The number of amides is 1. The van der Waals surface area contributed by atoms with Gasteiger partial charge in [-0.1, -0.05) is 0 Å². The second-order valence-electron chi connectivity index (χ2n) is 3.35. The number of fused-ring (bicyclic) bond motifs is 1. The number of Topliss-reactive ketones (excluding diaryl/α,β-unsaturated/α-hetero) is 1. The minimum absolute atomic E-state index is 0.129. The summed E-state index contributed by atoms with van der Waals surface area (Å²) in [7, 11) is 0. The number of carbonyl (C=O) groups is 2. The second-order valence-corrected chi connectivity index (χ2v) is 3.35. The van der Waals surface area contributed by atoms with Crippen LogP contribution in [0.5, 0.6) is 0 Å². The van der Waals surface area contributed by atoms with Gasteiger partial charge >= 0.3 is 6.09 Å². The van der Waals surface area contributed by atoms with Crippen LogP contribution >= 0.6 is 0 Å². The van der Waals surface area contributed by atoms with Crippen LogP contribution in [0.4, 0.5) is 4.79 Å². The molecular formula is C7H9NO3. The Hall–Kier alpha value is -1.06. The highest BCUT2D eigenvalue weighted by Crippen LogP contribution is 2.32. The SMILES string of the molecule is CC12COC(=O)N1CC(=O)C2. The van der Waals surface area contributed by atoms with Crippen LogP contribution in [0.1, 0.15) is 13.3 Å². The van der Waals surface area contributed by atoms with Gasteiger partial charge in [-0.25, -0.2) is 4.79 Å². The Labute approximate surface area is 64.1 Å². The lowest BCUT2D eigenvalue weighted by Crippen LogP contribution is -2.38. The summed E-state index contributed by atoms with van der Waals surface area (Å²) in [5.74, 6) is 0.129. The molecule has 11 heavy (non-hydrogen) atoms. The van der Waals surface area contributed by atoms with E-state index in [-0.39, 0.29) is 24.0 Å². The number of ketones is 1. The number of hydrogen-bond acceptors (Lipinski definition) is 3. The minimum Gasteiger partial charge on any atom is -0.447 e. The number of rotatable bonds is 0. The largest absolute Gasteiger partial charge is 0.447 e. The first-order valence-electron chi connectivity index (χ1n) is 3.58. The lowest BCUT2D eigenvalue weighted by Gasteiger charge is -2.20. The van der Waals surface area contributed by atoms with Gasteiger partial charge < -0.3 is 4.74 Å². The second kappa shape index (κ2) is 1.75. The van der Waals surface area contributed by atoms with Gasteiger partial charge in [0.15, 0.2) is 5.78 Å². The van der Waals surface area contributed by atoms with Crippen molar-refractivity contribution in [3.05, 3.63) is 0 Å². The predicted molar refractivity (Wildman–Crippen MR) is 36.1 cm³/mol. The number of cyclic esters (lactones) is 1. The Bertz CT molecular complexity index is 238. The average Bonchev–Trinajstić information content (AvgIpc) is 2.32. The van der Waals surface area contributed by atoms with Crippen LogP contribution in [0.2, 0.25) is 0 Å². The van der Waals surface area contributed by atoms with Gasteiger partial charge in [0.05, 0.1) is 12.1 Å². The summed E-state index contributed by atoms with van der Waals surface area (Å²) in [6, 6.07) is 0. The first kappa shape index (κ1) is 6.64. The molecule has 60 valence electrons. The van der Waals surface area contributed by atoms with Crippen LogP contribution in [-0.4, -0.2) is 35.5 Å². The third kappa shape index (κ3) is 0.751. The van der Waals surface area contributed by atoms with Gasteiger partial charge in [-0.15, -0.1) is 0 Å². The first-order chi connectivity index (χ1) is 5.12. The standard InChI is InChI=1S/C7H9NO3/c1-7-2-5(9)3-8(7)6(10)11-4-7/h2-4H2,1H3. The van der Waals surface area contributed by atoms with E-state index in [9.17, 15) is 9.59 Å². The van der Waals surface area contributed by atoms with E-state index >= 15 is 0 Å². The Kier molecular flexibility index (Phi) is 1.06. The van der Waals surface area contributed by atoms with Gasteiger partial charge in [-0.05, 0) is 6.92 Å². The molecule has 0 saturated carbocycles. The zero-order valence-corrected chi connectivity index (χ0v) is 6.29. The third-order valence-electron chi connectivity index (χ3n) is 2.29. The smallest absolute Gasteiger partial charge is 0.410 e. The molecule has 0 N–H and O–H groups in total. The van der Waals surface area contributed by atoms with E-state index in [1.54, 1.807) is 0 Å². The summed E-state index contributed by atoms with van der Waals surface area (Å²) in [6.07, 6.45) is 0.0944. The maximum atomic E-state index is 11.0. The number of carbonyl (C=O) groups excluding carboxylic acids is 2. The van der Waals surface area contributed by atoms with Gasteiger partial charge in [-0.2, -0.15) is 0 Å². The van der Waals surface area contributed by atoms with Crippen molar-refractivity contribution in [2.45, 2.75) is 18.9 Å². The minimum atomic E-state index is -0.349. The fourth-order valence-electron chi connectivity index (χ4n) is 1.65. The van der Waals surface area contributed by atoms with E-state index in [1.807, 2.05) is 6.92 Å². The monoisotopic (exact) mass is 155 g/mol. The van der Waals surface area contributed by atoms with Crippen molar-refractivity contribution in [1.82, 2.24) is 4.90 Å². The molecule has 1 amide bonds. The van der Waals surface area contributed by atoms with Gasteiger partial charge in [-0.3, -0.25) is 9.69 Å². The van der Waals surface area contributed by atoms with E-state index in [0.29, 0.717) is 13.0 Å². The maximum absolute atomic E-state index is 11.0. The van der Waals surface area contributed by atoms with E-state index in [2.05, 4.69) is 0 Å². The molecule has 2 rings (SSSR count). The zero-order chi connectivity index (χ0) is 8.06. The lowest BCUT2D eigenvalue weighted by atomic mass is 10.0. The van der Waals surface area contributed by atoms with E-state index < -0.39 is 0 Å². The fourth-order valence-corrected chi connectivity index (χ4v) is 1.65. The highest BCUT2D eigenvalue weighted by atomic mass is 16.6. The third-order valence-corrected chi connectivity index (χ3v) is 2.29. The Morgan fingerprint density at radius 3 is 2.91 bits per heavy atom. The van der Waals surface area contributed by atoms with Crippen molar-refractivity contribution in [3.63, 3.8) is 0 Å². The highest BCUT2D eigenvalue weighted by Gasteiger charge is 2.50. The molecule has 0 aromatic carbocycles. The molecule has 1 atom stereocenters. The van der Waals surface area contributed by atoms with Crippen molar-refractivity contribution in [2.24, 2.45) is 0 Å². The van der Waals surface area contributed by atoms with Gasteiger partial charge in [0.1, 0.15) is 6.61 Å². The molecule has 4 nitrogen and oxygen atoms in total. The van der Waals surface area contributed by atoms with E-state index in [1.165, 1.54) is 4.90 Å². The van der Waals surface area contributed by atoms with E-state index in [4.69, 9.17) is 4.74 Å². The molecule has 2 fully saturated rings. The maximum Gasteiger partial charge on any atom is 0.410 e. The Balaban J connectivity index is 2.31. The topological polar surface area (TPSA) is 46.6 Å². The molecule has 2 aliphatic rings. The fraction of sp³-hybridized carbons (Fsp3) is 0.714. The van der Waals surface area contributed by atoms with Crippen LogP contribution in [0, 0.1) is 0 Å². The van der Waals surface area contributed by atoms with Crippen molar-refractivity contribution < 1.29 is 14.3 Å². The Morgan fingerprint density at radius 1 is 1.55 bits per heavy atom. The molecule has 0 bridgehead atoms.